The third-order valence-corrected chi connectivity index (χ3v) is 8.05. The van der Waals surface area contributed by atoms with Crippen molar-refractivity contribution < 1.29 is 0 Å². The van der Waals surface area contributed by atoms with Crippen LogP contribution in [-0.4, -0.2) is 33.9 Å². The molecule has 4 nitrogen and oxygen atoms in total. The third kappa shape index (κ3) is 3.42. The van der Waals surface area contributed by atoms with Gasteiger partial charge in [-0.25, -0.2) is 4.98 Å². The van der Waals surface area contributed by atoms with Crippen molar-refractivity contribution in [3.8, 4) is 0 Å². The fourth-order valence-corrected chi connectivity index (χ4v) is 6.12. The van der Waals surface area contributed by atoms with Gasteiger partial charge in [0, 0.05) is 42.5 Å². The maximum Gasteiger partial charge on any atom is 0.261 e. The number of benzene rings is 1. The Bertz CT molecular complexity index is 1120. The van der Waals surface area contributed by atoms with Gasteiger partial charge in [0.25, 0.3) is 5.56 Å². The van der Waals surface area contributed by atoms with Crippen LogP contribution in [0.4, 0.5) is 0 Å². The van der Waals surface area contributed by atoms with Crippen molar-refractivity contribution in [1.82, 2.24) is 14.3 Å². The third-order valence-electron chi connectivity index (χ3n) is 7.29. The topological polar surface area (TPSA) is 37.6 Å². The van der Waals surface area contributed by atoms with Gasteiger partial charge in [-0.2, -0.15) is 0 Å². The molecule has 158 valence electrons. The van der Waals surface area contributed by atoms with Crippen molar-refractivity contribution >= 4 is 16.3 Å². The Hall–Kier alpha value is -1.98. The number of nitrogens with zero attached hydrogens (tertiary/aromatic N) is 3. The second-order valence-electron chi connectivity index (χ2n) is 10.2. The molecule has 1 aromatic carbocycles. The molecule has 0 bridgehead atoms. The first-order valence-electron chi connectivity index (χ1n) is 11.1. The molecule has 0 amide bonds. The summed E-state index contributed by atoms with van der Waals surface area (Å²) in [6.07, 6.45) is 3.94. The van der Waals surface area contributed by atoms with Gasteiger partial charge < -0.3 is 4.90 Å². The molecule has 5 rings (SSSR count). The van der Waals surface area contributed by atoms with Gasteiger partial charge in [-0.1, -0.05) is 45.0 Å². The summed E-state index contributed by atoms with van der Waals surface area (Å²) in [5.41, 5.74) is 5.00. The zero-order valence-corrected chi connectivity index (χ0v) is 19.2. The number of aryl methyl sites for hydroxylation is 1. The van der Waals surface area contributed by atoms with E-state index in [0.717, 1.165) is 47.6 Å². The van der Waals surface area contributed by atoms with Crippen LogP contribution in [0.5, 0.6) is 0 Å². The van der Waals surface area contributed by atoms with Gasteiger partial charge in [-0.15, -0.1) is 11.3 Å². The molecular formula is C25H31N3OS. The SMILES string of the molecule is Cc1nc2sccn2c(=O)c1CCN1CC2CC(c3ccc(C(C)(C)C)cc3)C2C1. The Morgan fingerprint density at radius 2 is 1.93 bits per heavy atom. The molecule has 2 aromatic heterocycles. The first-order valence-corrected chi connectivity index (χ1v) is 12.0. The van der Waals surface area contributed by atoms with E-state index in [0.29, 0.717) is 5.92 Å². The molecule has 1 aliphatic carbocycles. The molecule has 5 heteroatoms. The van der Waals surface area contributed by atoms with Crippen LogP contribution in [0.15, 0.2) is 40.6 Å². The van der Waals surface area contributed by atoms with Crippen molar-refractivity contribution in [2.45, 2.75) is 51.9 Å². The minimum atomic E-state index is 0.109. The minimum absolute atomic E-state index is 0.109. The van der Waals surface area contributed by atoms with Crippen LogP contribution in [-0.2, 0) is 11.8 Å². The van der Waals surface area contributed by atoms with Gasteiger partial charge in [0.1, 0.15) is 0 Å². The van der Waals surface area contributed by atoms with E-state index < -0.39 is 0 Å². The Morgan fingerprint density at radius 3 is 2.67 bits per heavy atom. The number of aromatic nitrogens is 2. The predicted octanol–water partition coefficient (Wildman–Crippen LogP) is 4.64. The largest absolute Gasteiger partial charge is 0.302 e. The average Bonchev–Trinajstić information content (AvgIpc) is 3.27. The summed E-state index contributed by atoms with van der Waals surface area (Å²) in [5.74, 6) is 2.28. The fraction of sp³-hybridized carbons (Fsp3) is 0.520. The van der Waals surface area contributed by atoms with Crippen molar-refractivity contribution in [2.24, 2.45) is 11.8 Å². The molecule has 3 unspecified atom stereocenters. The van der Waals surface area contributed by atoms with E-state index in [2.05, 4.69) is 54.9 Å². The normalized spacial score (nSPS) is 24.2. The lowest BCUT2D eigenvalue weighted by Gasteiger charge is -2.40. The van der Waals surface area contributed by atoms with E-state index >= 15 is 0 Å². The number of hydrogen-bond donors (Lipinski definition) is 0. The Morgan fingerprint density at radius 1 is 1.17 bits per heavy atom. The molecule has 2 aliphatic rings. The molecule has 0 radical (unpaired) electrons. The number of fused-ring (bicyclic) bond motifs is 2. The summed E-state index contributed by atoms with van der Waals surface area (Å²) >= 11 is 1.52. The van der Waals surface area contributed by atoms with Crippen LogP contribution >= 0.6 is 11.3 Å². The van der Waals surface area contributed by atoms with E-state index in [-0.39, 0.29) is 11.0 Å². The minimum Gasteiger partial charge on any atom is -0.302 e. The van der Waals surface area contributed by atoms with Crippen LogP contribution in [0, 0.1) is 18.8 Å². The average molecular weight is 422 g/mol. The second-order valence-corrected chi connectivity index (χ2v) is 11.1. The standard InChI is InChI=1S/C25H31N3OS/c1-16-20(23(29)28-11-12-30-24(28)26-16)9-10-27-14-18-13-21(22(18)15-27)17-5-7-19(8-6-17)25(2,3)4/h5-8,11-12,18,21-22H,9-10,13-15H2,1-4H3. The van der Waals surface area contributed by atoms with Gasteiger partial charge in [-0.3, -0.25) is 9.20 Å². The van der Waals surface area contributed by atoms with E-state index in [9.17, 15) is 4.79 Å². The van der Waals surface area contributed by atoms with Crippen LogP contribution in [0.1, 0.15) is 55.5 Å². The first kappa shape index (κ1) is 20.0. The van der Waals surface area contributed by atoms with E-state index in [1.165, 1.54) is 35.4 Å². The number of rotatable bonds is 4. The van der Waals surface area contributed by atoms with E-state index in [1.807, 2.05) is 18.5 Å². The van der Waals surface area contributed by atoms with Crippen LogP contribution < -0.4 is 5.56 Å². The molecular weight excluding hydrogens is 390 g/mol. The second kappa shape index (κ2) is 7.31. The van der Waals surface area contributed by atoms with Crippen LogP contribution in [0.3, 0.4) is 0 Å². The molecule has 1 saturated heterocycles. The van der Waals surface area contributed by atoms with Crippen molar-refractivity contribution in [1.29, 1.82) is 0 Å². The highest BCUT2D eigenvalue weighted by molar-refractivity contribution is 7.15. The molecule has 3 atom stereocenters. The molecule has 3 aromatic rings. The zero-order valence-electron chi connectivity index (χ0n) is 18.4. The summed E-state index contributed by atoms with van der Waals surface area (Å²) in [4.78, 5) is 20.8. The van der Waals surface area contributed by atoms with E-state index in [1.54, 1.807) is 4.40 Å². The highest BCUT2D eigenvalue weighted by atomic mass is 32.1. The quantitative estimate of drug-likeness (QED) is 0.616. The predicted molar refractivity (Wildman–Crippen MR) is 124 cm³/mol. The van der Waals surface area contributed by atoms with Crippen LogP contribution in [0.2, 0.25) is 0 Å². The van der Waals surface area contributed by atoms with E-state index in [4.69, 9.17) is 0 Å². The summed E-state index contributed by atoms with van der Waals surface area (Å²) in [6.45, 7) is 12.1. The van der Waals surface area contributed by atoms with Crippen molar-refractivity contribution in [2.75, 3.05) is 19.6 Å². The summed E-state index contributed by atoms with van der Waals surface area (Å²) in [7, 11) is 0. The summed E-state index contributed by atoms with van der Waals surface area (Å²) < 4.78 is 1.69. The summed E-state index contributed by atoms with van der Waals surface area (Å²) in [5, 5.41) is 1.93. The molecule has 2 fully saturated rings. The lowest BCUT2D eigenvalue weighted by atomic mass is 9.64. The zero-order chi connectivity index (χ0) is 21.0. The first-order chi connectivity index (χ1) is 14.3. The Kier molecular flexibility index (Phi) is 4.86. The highest BCUT2D eigenvalue weighted by Gasteiger charge is 2.47. The molecule has 0 N–H and O–H groups in total. The van der Waals surface area contributed by atoms with Crippen LogP contribution in [0.25, 0.3) is 4.96 Å². The van der Waals surface area contributed by atoms with Gasteiger partial charge >= 0.3 is 0 Å². The number of likely N-dealkylation sites (tertiary alicyclic amines) is 1. The maximum atomic E-state index is 12.8. The fourth-order valence-electron chi connectivity index (χ4n) is 5.37. The summed E-state index contributed by atoms with van der Waals surface area (Å²) in [6, 6.07) is 9.35. The number of thiazole rings is 1. The smallest absolute Gasteiger partial charge is 0.261 e. The lowest BCUT2D eigenvalue weighted by Crippen LogP contribution is -2.33. The van der Waals surface area contributed by atoms with Gasteiger partial charge in [-0.05, 0) is 54.1 Å². The molecule has 1 saturated carbocycles. The Labute approximate surface area is 182 Å². The van der Waals surface area contributed by atoms with Gasteiger partial charge in [0.05, 0.1) is 0 Å². The number of hydrogen-bond acceptors (Lipinski definition) is 4. The molecule has 3 heterocycles. The van der Waals surface area contributed by atoms with Crippen molar-refractivity contribution in [3.05, 3.63) is 68.6 Å². The molecule has 1 aliphatic heterocycles. The highest BCUT2D eigenvalue weighted by Crippen LogP contribution is 2.51. The van der Waals surface area contributed by atoms with Gasteiger partial charge in [0.2, 0.25) is 0 Å². The molecule has 30 heavy (non-hydrogen) atoms. The maximum absolute atomic E-state index is 12.8. The van der Waals surface area contributed by atoms with Gasteiger partial charge in [0.15, 0.2) is 4.96 Å². The monoisotopic (exact) mass is 421 g/mol. The van der Waals surface area contributed by atoms with Crippen molar-refractivity contribution in [3.63, 3.8) is 0 Å². The Balaban J connectivity index is 1.24. The molecule has 0 spiro atoms. The lowest BCUT2D eigenvalue weighted by molar-refractivity contribution is 0.191.